The van der Waals surface area contributed by atoms with Gasteiger partial charge in [0, 0.05) is 38.3 Å². The lowest BCUT2D eigenvalue weighted by molar-refractivity contribution is -0.126. The SMILES string of the molecule is CCNC(=O)[C@@H]1CC(=O)N(c2ccc(S(=O)(=O)N(CC)CC)cc2)C1. The number of amides is 2. The van der Waals surface area contributed by atoms with Gasteiger partial charge in [-0.1, -0.05) is 13.8 Å². The summed E-state index contributed by atoms with van der Waals surface area (Å²) in [5, 5.41) is 2.73. The number of benzene rings is 1. The second-order valence-corrected chi connectivity index (χ2v) is 7.82. The van der Waals surface area contributed by atoms with E-state index in [0.717, 1.165) is 0 Å². The zero-order chi connectivity index (χ0) is 18.6. The number of hydrogen-bond acceptors (Lipinski definition) is 4. The van der Waals surface area contributed by atoms with E-state index in [4.69, 9.17) is 0 Å². The molecule has 0 saturated carbocycles. The van der Waals surface area contributed by atoms with Crippen LogP contribution < -0.4 is 10.2 Å². The van der Waals surface area contributed by atoms with Gasteiger partial charge >= 0.3 is 0 Å². The molecule has 0 unspecified atom stereocenters. The highest BCUT2D eigenvalue weighted by Crippen LogP contribution is 2.27. The molecule has 1 heterocycles. The third-order valence-electron chi connectivity index (χ3n) is 4.34. The summed E-state index contributed by atoms with van der Waals surface area (Å²) in [7, 11) is -3.52. The smallest absolute Gasteiger partial charge is 0.243 e. The van der Waals surface area contributed by atoms with Crippen LogP contribution in [-0.2, 0) is 19.6 Å². The van der Waals surface area contributed by atoms with Crippen LogP contribution in [0.4, 0.5) is 5.69 Å². The Morgan fingerprint density at radius 2 is 1.80 bits per heavy atom. The van der Waals surface area contributed by atoms with Crippen molar-refractivity contribution >= 4 is 27.5 Å². The zero-order valence-electron chi connectivity index (χ0n) is 14.9. The Morgan fingerprint density at radius 3 is 2.32 bits per heavy atom. The molecule has 0 aliphatic carbocycles. The summed E-state index contributed by atoms with van der Waals surface area (Å²) in [6, 6.07) is 6.26. The van der Waals surface area contributed by atoms with Crippen molar-refractivity contribution in [2.45, 2.75) is 32.1 Å². The Balaban J connectivity index is 2.18. The van der Waals surface area contributed by atoms with Gasteiger partial charge < -0.3 is 10.2 Å². The molecule has 2 amide bonds. The minimum Gasteiger partial charge on any atom is -0.356 e. The van der Waals surface area contributed by atoms with Gasteiger partial charge in [0.05, 0.1) is 10.8 Å². The van der Waals surface area contributed by atoms with Crippen LogP contribution in [0.5, 0.6) is 0 Å². The fourth-order valence-electron chi connectivity index (χ4n) is 2.96. The van der Waals surface area contributed by atoms with Crippen LogP contribution in [0.1, 0.15) is 27.2 Å². The van der Waals surface area contributed by atoms with Gasteiger partial charge in [0.15, 0.2) is 0 Å². The molecular weight excluding hydrogens is 342 g/mol. The lowest BCUT2D eigenvalue weighted by Gasteiger charge is -2.20. The Morgan fingerprint density at radius 1 is 1.20 bits per heavy atom. The first-order valence-corrected chi connectivity index (χ1v) is 9.97. The van der Waals surface area contributed by atoms with Gasteiger partial charge in [-0.2, -0.15) is 4.31 Å². The van der Waals surface area contributed by atoms with Crippen LogP contribution in [0.25, 0.3) is 0 Å². The maximum Gasteiger partial charge on any atom is 0.243 e. The van der Waals surface area contributed by atoms with Crippen molar-refractivity contribution in [1.82, 2.24) is 9.62 Å². The largest absolute Gasteiger partial charge is 0.356 e. The van der Waals surface area contributed by atoms with Gasteiger partial charge in [-0.05, 0) is 31.2 Å². The van der Waals surface area contributed by atoms with E-state index in [0.29, 0.717) is 31.9 Å². The van der Waals surface area contributed by atoms with Crippen molar-refractivity contribution in [3.05, 3.63) is 24.3 Å². The van der Waals surface area contributed by atoms with Crippen LogP contribution >= 0.6 is 0 Å². The number of nitrogens with one attached hydrogen (secondary N) is 1. The average Bonchev–Trinajstić information content (AvgIpc) is 2.98. The third-order valence-corrected chi connectivity index (χ3v) is 6.40. The van der Waals surface area contributed by atoms with Gasteiger partial charge in [0.25, 0.3) is 0 Å². The first-order valence-electron chi connectivity index (χ1n) is 8.53. The average molecular weight is 367 g/mol. The van der Waals surface area contributed by atoms with Crippen molar-refractivity contribution in [3.63, 3.8) is 0 Å². The highest BCUT2D eigenvalue weighted by molar-refractivity contribution is 7.89. The molecule has 7 nitrogen and oxygen atoms in total. The molecule has 1 aromatic rings. The summed E-state index contributed by atoms with van der Waals surface area (Å²) in [6.45, 7) is 7.06. The van der Waals surface area contributed by atoms with E-state index < -0.39 is 10.0 Å². The molecule has 0 bridgehead atoms. The molecule has 0 spiro atoms. The lowest BCUT2D eigenvalue weighted by atomic mass is 10.1. The summed E-state index contributed by atoms with van der Waals surface area (Å²) in [4.78, 5) is 25.9. The van der Waals surface area contributed by atoms with E-state index in [-0.39, 0.29) is 29.0 Å². The van der Waals surface area contributed by atoms with Crippen LogP contribution in [0, 0.1) is 5.92 Å². The summed E-state index contributed by atoms with van der Waals surface area (Å²) in [6.07, 6.45) is 0.172. The molecule has 8 heteroatoms. The highest BCUT2D eigenvalue weighted by Gasteiger charge is 2.35. The molecule has 1 aliphatic heterocycles. The molecule has 1 aromatic carbocycles. The molecule has 0 aromatic heterocycles. The quantitative estimate of drug-likeness (QED) is 0.785. The standard InChI is InChI=1S/C17H25N3O4S/c1-4-18-17(22)13-11-16(21)20(12-13)14-7-9-15(10-8-14)25(23,24)19(5-2)6-3/h7-10,13H,4-6,11-12H2,1-3H3,(H,18,22)/t13-/m1/s1. The van der Waals surface area contributed by atoms with Crippen LogP contribution in [0.15, 0.2) is 29.2 Å². The molecule has 1 aliphatic rings. The monoisotopic (exact) mass is 367 g/mol. The predicted octanol–water partition coefficient (Wildman–Crippen LogP) is 1.21. The zero-order valence-corrected chi connectivity index (χ0v) is 15.7. The molecule has 0 radical (unpaired) electrons. The Hall–Kier alpha value is -1.93. The summed E-state index contributed by atoms with van der Waals surface area (Å²) in [5.74, 6) is -0.624. The number of sulfonamides is 1. The second kappa shape index (κ2) is 7.97. The van der Waals surface area contributed by atoms with Crippen molar-refractivity contribution in [2.75, 3.05) is 31.1 Å². The van der Waals surface area contributed by atoms with Crippen molar-refractivity contribution in [3.8, 4) is 0 Å². The Labute approximate surface area is 149 Å². The molecule has 1 N–H and O–H groups in total. The third kappa shape index (κ3) is 4.01. The molecule has 138 valence electrons. The Bertz CT molecular complexity index is 727. The van der Waals surface area contributed by atoms with Crippen LogP contribution in [0.2, 0.25) is 0 Å². The van der Waals surface area contributed by atoms with Crippen molar-refractivity contribution in [1.29, 1.82) is 0 Å². The number of hydrogen-bond donors (Lipinski definition) is 1. The molecule has 1 atom stereocenters. The summed E-state index contributed by atoms with van der Waals surface area (Å²) < 4.78 is 26.4. The van der Waals surface area contributed by atoms with E-state index in [2.05, 4.69) is 5.32 Å². The van der Waals surface area contributed by atoms with Gasteiger partial charge in [-0.25, -0.2) is 8.42 Å². The number of anilines is 1. The molecule has 1 saturated heterocycles. The number of nitrogens with zero attached hydrogens (tertiary/aromatic N) is 2. The van der Waals surface area contributed by atoms with Gasteiger partial charge in [-0.15, -0.1) is 0 Å². The van der Waals surface area contributed by atoms with Gasteiger partial charge in [0.2, 0.25) is 21.8 Å². The van der Waals surface area contributed by atoms with Crippen molar-refractivity contribution in [2.24, 2.45) is 5.92 Å². The molecule has 2 rings (SSSR count). The molecule has 1 fully saturated rings. The number of carbonyl (C=O) groups excluding carboxylic acids is 2. The lowest BCUT2D eigenvalue weighted by Crippen LogP contribution is -2.32. The maximum atomic E-state index is 12.5. The van der Waals surface area contributed by atoms with Gasteiger partial charge in [0.1, 0.15) is 0 Å². The minimum atomic E-state index is -3.52. The van der Waals surface area contributed by atoms with E-state index in [1.165, 1.54) is 21.3 Å². The normalized spacial score (nSPS) is 18.0. The fraction of sp³-hybridized carbons (Fsp3) is 0.529. The van der Waals surface area contributed by atoms with E-state index in [1.807, 2.05) is 6.92 Å². The van der Waals surface area contributed by atoms with Gasteiger partial charge in [-0.3, -0.25) is 9.59 Å². The van der Waals surface area contributed by atoms with E-state index in [1.54, 1.807) is 26.0 Å². The second-order valence-electron chi connectivity index (χ2n) is 5.88. The first-order chi connectivity index (χ1) is 11.8. The minimum absolute atomic E-state index is 0.126. The first kappa shape index (κ1) is 19.4. The molecular formula is C17H25N3O4S. The van der Waals surface area contributed by atoms with Crippen molar-refractivity contribution < 1.29 is 18.0 Å². The van der Waals surface area contributed by atoms with E-state index in [9.17, 15) is 18.0 Å². The summed E-state index contributed by atoms with van der Waals surface area (Å²) in [5.41, 5.74) is 0.607. The summed E-state index contributed by atoms with van der Waals surface area (Å²) >= 11 is 0. The Kier molecular flexibility index (Phi) is 6.18. The number of carbonyl (C=O) groups is 2. The predicted molar refractivity (Wildman–Crippen MR) is 95.7 cm³/mol. The van der Waals surface area contributed by atoms with E-state index >= 15 is 0 Å². The number of rotatable bonds is 7. The van der Waals surface area contributed by atoms with Crippen LogP contribution in [-0.4, -0.2) is 50.7 Å². The van der Waals surface area contributed by atoms with Crippen LogP contribution in [0.3, 0.4) is 0 Å². The fourth-order valence-corrected chi connectivity index (χ4v) is 4.42. The topological polar surface area (TPSA) is 86.8 Å². The molecule has 25 heavy (non-hydrogen) atoms. The highest BCUT2D eigenvalue weighted by atomic mass is 32.2. The maximum absolute atomic E-state index is 12.5.